The second-order valence-electron chi connectivity index (χ2n) is 4.13. The van der Waals surface area contributed by atoms with Gasteiger partial charge in [0.15, 0.2) is 11.7 Å². The van der Waals surface area contributed by atoms with Crippen LogP contribution in [0.3, 0.4) is 0 Å². The number of hydrogen-bond acceptors (Lipinski definition) is 7. The Morgan fingerprint density at radius 2 is 2.00 bits per heavy atom. The maximum Gasteiger partial charge on any atom is 0.314 e. The Morgan fingerprint density at radius 3 is 2.59 bits per heavy atom. The van der Waals surface area contributed by atoms with Gasteiger partial charge in [0, 0.05) is 24.0 Å². The van der Waals surface area contributed by atoms with E-state index in [1.165, 1.54) is 6.92 Å². The molecule has 0 unspecified atom stereocenters. The predicted octanol–water partition coefficient (Wildman–Crippen LogP) is 2.36. The van der Waals surface area contributed by atoms with Crippen molar-refractivity contribution in [2.24, 2.45) is 4.40 Å². The first kappa shape index (κ1) is 16.4. The van der Waals surface area contributed by atoms with Crippen molar-refractivity contribution >= 4 is 27.5 Å². The Bertz CT molecular complexity index is 767. The molecule has 1 aromatic carbocycles. The van der Waals surface area contributed by atoms with Crippen LogP contribution < -0.4 is 4.74 Å². The van der Waals surface area contributed by atoms with E-state index in [1.54, 1.807) is 38.3 Å². The van der Waals surface area contributed by atoms with Gasteiger partial charge in [-0.15, -0.1) is 4.40 Å². The number of methoxy groups -OCH3 is 1. The molecule has 0 fully saturated rings. The van der Waals surface area contributed by atoms with Gasteiger partial charge in [0.1, 0.15) is 5.75 Å². The largest absolute Gasteiger partial charge is 0.497 e. The summed E-state index contributed by atoms with van der Waals surface area (Å²) in [5, 5.41) is 0. The smallest absolute Gasteiger partial charge is 0.314 e. The van der Waals surface area contributed by atoms with E-state index in [-0.39, 0.29) is 10.2 Å². The molecule has 2 rings (SSSR count). The number of ether oxygens (including phenoxy) is 2. The highest BCUT2D eigenvalue weighted by Gasteiger charge is 2.20. The van der Waals surface area contributed by atoms with Gasteiger partial charge in [0.2, 0.25) is 0 Å². The maximum absolute atomic E-state index is 12.1. The third kappa shape index (κ3) is 3.80. The summed E-state index contributed by atoms with van der Waals surface area (Å²) >= 11 is 0.778. The normalized spacial score (nSPS) is 12.2. The van der Waals surface area contributed by atoms with Gasteiger partial charge in [-0.3, -0.25) is 0 Å². The first-order valence-corrected chi connectivity index (χ1v) is 8.60. The molecule has 0 atom stereocenters. The standard InChI is InChI=1S/C13H15N3O4S2/c1-4-20-9(2)16-22(17,18)13-14-12(15-21-13)10-5-7-11(19-3)8-6-10/h5-8H,4H2,1-3H3/b16-9-. The Kier molecular flexibility index (Phi) is 5.09. The highest BCUT2D eigenvalue weighted by atomic mass is 32.2. The fourth-order valence-corrected chi connectivity index (χ4v) is 3.32. The number of aromatic nitrogens is 2. The molecule has 9 heteroatoms. The van der Waals surface area contributed by atoms with Gasteiger partial charge in [-0.2, -0.15) is 12.8 Å². The van der Waals surface area contributed by atoms with Crippen molar-refractivity contribution < 1.29 is 17.9 Å². The number of sulfonamides is 1. The molecular formula is C13H15N3O4S2. The molecule has 0 saturated heterocycles. The van der Waals surface area contributed by atoms with Crippen molar-refractivity contribution in [3.05, 3.63) is 24.3 Å². The van der Waals surface area contributed by atoms with E-state index in [9.17, 15) is 8.42 Å². The van der Waals surface area contributed by atoms with Crippen LogP contribution in [0.5, 0.6) is 5.75 Å². The van der Waals surface area contributed by atoms with Crippen LogP contribution in [0.25, 0.3) is 11.4 Å². The van der Waals surface area contributed by atoms with Gasteiger partial charge in [0.25, 0.3) is 4.34 Å². The summed E-state index contributed by atoms with van der Waals surface area (Å²) in [6.45, 7) is 3.57. The van der Waals surface area contributed by atoms with E-state index in [2.05, 4.69) is 13.8 Å². The minimum Gasteiger partial charge on any atom is -0.497 e. The minimum absolute atomic E-state index is 0.0729. The van der Waals surface area contributed by atoms with E-state index in [0.29, 0.717) is 23.7 Å². The zero-order valence-corrected chi connectivity index (χ0v) is 13.9. The molecule has 2 aromatic rings. The van der Waals surface area contributed by atoms with Gasteiger partial charge in [-0.05, 0) is 31.2 Å². The second kappa shape index (κ2) is 6.84. The molecule has 0 amide bonds. The first-order valence-electron chi connectivity index (χ1n) is 6.38. The molecule has 0 bridgehead atoms. The van der Waals surface area contributed by atoms with Crippen molar-refractivity contribution in [3.63, 3.8) is 0 Å². The summed E-state index contributed by atoms with van der Waals surface area (Å²) in [4.78, 5) is 4.04. The zero-order valence-electron chi connectivity index (χ0n) is 12.3. The van der Waals surface area contributed by atoms with E-state index >= 15 is 0 Å². The van der Waals surface area contributed by atoms with Crippen LogP contribution in [0.15, 0.2) is 33.0 Å². The Hall–Kier alpha value is -2.00. The molecule has 1 heterocycles. The van der Waals surface area contributed by atoms with Crippen molar-refractivity contribution in [3.8, 4) is 17.1 Å². The third-order valence-corrected chi connectivity index (χ3v) is 4.98. The number of nitrogens with zero attached hydrogens (tertiary/aromatic N) is 3. The van der Waals surface area contributed by atoms with Gasteiger partial charge >= 0.3 is 10.0 Å². The number of rotatable bonds is 5. The minimum atomic E-state index is -3.90. The molecule has 0 saturated carbocycles. The van der Waals surface area contributed by atoms with Crippen molar-refractivity contribution in [2.45, 2.75) is 18.2 Å². The second-order valence-corrected chi connectivity index (χ2v) is 6.66. The van der Waals surface area contributed by atoms with E-state index in [0.717, 1.165) is 11.5 Å². The van der Waals surface area contributed by atoms with Crippen molar-refractivity contribution in [2.75, 3.05) is 13.7 Å². The molecule has 1 aromatic heterocycles. The molecule has 0 spiro atoms. The average Bonchev–Trinajstić information content (AvgIpc) is 2.98. The highest BCUT2D eigenvalue weighted by molar-refractivity contribution is 7.92. The number of hydrogen-bond donors (Lipinski definition) is 0. The lowest BCUT2D eigenvalue weighted by molar-refractivity contribution is 0.325. The zero-order chi connectivity index (χ0) is 16.2. The first-order chi connectivity index (χ1) is 10.5. The van der Waals surface area contributed by atoms with Crippen LogP contribution in [-0.2, 0) is 14.8 Å². The molecule has 0 N–H and O–H groups in total. The summed E-state index contributed by atoms with van der Waals surface area (Å²) in [7, 11) is -2.33. The van der Waals surface area contributed by atoms with E-state index in [4.69, 9.17) is 9.47 Å². The van der Waals surface area contributed by atoms with Crippen LogP contribution in [0, 0.1) is 0 Å². The van der Waals surface area contributed by atoms with Crippen molar-refractivity contribution in [1.29, 1.82) is 0 Å². The van der Waals surface area contributed by atoms with Gasteiger partial charge in [-0.1, -0.05) is 0 Å². The molecule has 118 valence electrons. The molecule has 0 aliphatic rings. The van der Waals surface area contributed by atoms with Gasteiger partial charge < -0.3 is 9.47 Å². The van der Waals surface area contributed by atoms with Crippen LogP contribution in [0.2, 0.25) is 0 Å². The molecule has 7 nitrogen and oxygen atoms in total. The molecule has 0 aliphatic heterocycles. The fraction of sp³-hybridized carbons (Fsp3) is 0.308. The third-order valence-electron chi connectivity index (χ3n) is 2.58. The van der Waals surface area contributed by atoms with Crippen LogP contribution in [0.1, 0.15) is 13.8 Å². The number of benzene rings is 1. The summed E-state index contributed by atoms with van der Waals surface area (Å²) in [6, 6.07) is 7.02. The Balaban J connectivity index is 2.28. The summed E-state index contributed by atoms with van der Waals surface area (Å²) in [5.74, 6) is 1.10. The van der Waals surface area contributed by atoms with E-state index in [1.807, 2.05) is 0 Å². The SMILES string of the molecule is CCO/C(C)=N\S(=O)(=O)c1nc(-c2ccc(OC)cc2)ns1. The van der Waals surface area contributed by atoms with Crippen LogP contribution in [0.4, 0.5) is 0 Å². The monoisotopic (exact) mass is 341 g/mol. The lowest BCUT2D eigenvalue weighted by Crippen LogP contribution is -2.05. The molecular weight excluding hydrogens is 326 g/mol. The molecule has 22 heavy (non-hydrogen) atoms. The van der Waals surface area contributed by atoms with Crippen LogP contribution >= 0.6 is 11.5 Å². The summed E-state index contributed by atoms with van der Waals surface area (Å²) in [6.07, 6.45) is 0. The Labute approximate surface area is 132 Å². The predicted molar refractivity (Wildman–Crippen MR) is 83.8 cm³/mol. The highest BCUT2D eigenvalue weighted by Crippen LogP contribution is 2.24. The van der Waals surface area contributed by atoms with Gasteiger partial charge in [0.05, 0.1) is 13.7 Å². The van der Waals surface area contributed by atoms with E-state index < -0.39 is 10.0 Å². The van der Waals surface area contributed by atoms with Crippen LogP contribution in [-0.4, -0.2) is 37.4 Å². The van der Waals surface area contributed by atoms with Crippen molar-refractivity contribution in [1.82, 2.24) is 9.36 Å². The fourth-order valence-electron chi connectivity index (χ4n) is 1.62. The lowest BCUT2D eigenvalue weighted by atomic mass is 10.2. The summed E-state index contributed by atoms with van der Waals surface area (Å²) in [5.41, 5.74) is 0.698. The molecule has 0 aliphatic carbocycles. The quantitative estimate of drug-likeness (QED) is 0.612. The Morgan fingerprint density at radius 1 is 1.32 bits per heavy atom. The maximum atomic E-state index is 12.1. The summed E-state index contributed by atoms with van der Waals surface area (Å²) < 4.78 is 41.7. The molecule has 0 radical (unpaired) electrons. The lowest BCUT2D eigenvalue weighted by Gasteiger charge is -2.00. The van der Waals surface area contributed by atoms with Gasteiger partial charge in [-0.25, -0.2) is 4.98 Å². The average molecular weight is 341 g/mol. The topological polar surface area (TPSA) is 90.7 Å².